The molecule has 4 nitrogen and oxygen atoms in total. The van der Waals surface area contributed by atoms with Crippen molar-refractivity contribution in [1.29, 1.82) is 0 Å². The highest BCUT2D eigenvalue weighted by Gasteiger charge is 1.96. The minimum absolute atomic E-state index is 0.267. The molecule has 0 saturated carbocycles. The van der Waals surface area contributed by atoms with Gasteiger partial charge in [0.2, 0.25) is 0 Å². The van der Waals surface area contributed by atoms with Gasteiger partial charge in [0, 0.05) is 0 Å². The van der Waals surface area contributed by atoms with Crippen LogP contribution >= 0.6 is 0 Å². The normalized spacial score (nSPS) is 11.7. The molecule has 0 aromatic rings. The van der Waals surface area contributed by atoms with Gasteiger partial charge in [-0.25, -0.2) is 8.42 Å². The summed E-state index contributed by atoms with van der Waals surface area (Å²) in [5.41, 5.74) is 0. The lowest BCUT2D eigenvalue weighted by Crippen LogP contribution is -2.16. The van der Waals surface area contributed by atoms with E-state index in [0.717, 1.165) is 0 Å². The molecule has 0 spiro atoms. The fourth-order valence-corrected chi connectivity index (χ4v) is 0.144. The van der Waals surface area contributed by atoms with E-state index in [1.165, 1.54) is 6.92 Å². The third-order valence-corrected chi connectivity index (χ3v) is 1.37. The van der Waals surface area contributed by atoms with Crippen LogP contribution < -0.4 is 5.26 Å². The van der Waals surface area contributed by atoms with Gasteiger partial charge in [0.1, 0.15) is 0 Å². The van der Waals surface area contributed by atoms with Gasteiger partial charge < -0.3 is 9.59 Å². The van der Waals surface area contributed by atoms with E-state index in [9.17, 15) is 8.42 Å². The molecule has 0 aliphatic carbocycles. The van der Waals surface area contributed by atoms with Crippen LogP contribution in [0.4, 0.5) is 0 Å². The Morgan fingerprint density at radius 2 is 2.14 bits per heavy atom. The van der Waals surface area contributed by atoms with Crippen molar-refractivity contribution >= 4 is 10.1 Å². The second-order valence-electron chi connectivity index (χ2n) is 0.914. The second kappa shape index (κ2) is 2.25. The summed E-state index contributed by atoms with van der Waals surface area (Å²) in [6.07, 6.45) is 0. The summed E-state index contributed by atoms with van der Waals surface area (Å²) in [5, 5.41) is 9.09. The van der Waals surface area contributed by atoms with Crippen molar-refractivity contribution in [2.24, 2.45) is 0 Å². The largest absolute Gasteiger partial charge is 0.707 e. The topological polar surface area (TPSA) is 66.4 Å². The van der Waals surface area contributed by atoms with Gasteiger partial charge in [0.25, 0.3) is 10.1 Å². The summed E-state index contributed by atoms with van der Waals surface area (Å²) < 4.78 is 22.5. The molecule has 0 aliphatic rings. The van der Waals surface area contributed by atoms with Crippen LogP contribution in [0.5, 0.6) is 0 Å². The van der Waals surface area contributed by atoms with Crippen molar-refractivity contribution in [2.45, 2.75) is 6.92 Å². The Morgan fingerprint density at radius 3 is 2.14 bits per heavy atom. The maximum Gasteiger partial charge on any atom is 0.258 e. The molecule has 0 radical (unpaired) electrons. The fraction of sp³-hybridized carbons (Fsp3) is 1.00. The fourth-order valence-electron chi connectivity index (χ4n) is 0.0481. The Labute approximate surface area is 41.8 Å². The van der Waals surface area contributed by atoms with Gasteiger partial charge in [-0.3, -0.25) is 0 Å². The molecule has 0 unspecified atom stereocenters. The zero-order valence-electron chi connectivity index (χ0n) is 3.75. The number of hydrogen-bond acceptors (Lipinski definition) is 4. The van der Waals surface area contributed by atoms with Gasteiger partial charge in [0.05, 0.1) is 5.75 Å². The molecule has 0 saturated heterocycles. The van der Waals surface area contributed by atoms with Crippen LogP contribution in [0, 0.1) is 0 Å². The van der Waals surface area contributed by atoms with Gasteiger partial charge in [-0.05, 0) is 6.92 Å². The van der Waals surface area contributed by atoms with Crippen LogP contribution in [0.2, 0.25) is 0 Å². The van der Waals surface area contributed by atoms with E-state index in [-0.39, 0.29) is 5.75 Å². The van der Waals surface area contributed by atoms with Crippen LogP contribution in [0.3, 0.4) is 0 Å². The Bertz CT molecular complexity index is 113. The van der Waals surface area contributed by atoms with E-state index in [2.05, 4.69) is 4.33 Å². The van der Waals surface area contributed by atoms with Crippen molar-refractivity contribution in [1.82, 2.24) is 0 Å². The third-order valence-electron chi connectivity index (χ3n) is 0.457. The predicted molar refractivity (Wildman–Crippen MR) is 20.5 cm³/mol. The quantitative estimate of drug-likeness (QED) is 0.337. The van der Waals surface area contributed by atoms with Gasteiger partial charge in [-0.1, -0.05) is 0 Å². The smallest absolute Gasteiger partial charge is 0.258 e. The summed E-state index contributed by atoms with van der Waals surface area (Å²) in [4.78, 5) is 0. The minimum atomic E-state index is -3.71. The molecular formula is C2H5O4S-. The maximum atomic E-state index is 9.83. The van der Waals surface area contributed by atoms with Gasteiger partial charge in [-0.2, -0.15) is 0 Å². The Kier molecular flexibility index (Phi) is 2.21. The Hall–Kier alpha value is -0.130. The molecule has 0 amide bonds. The molecule has 0 aromatic carbocycles. The van der Waals surface area contributed by atoms with Crippen LogP contribution in [0.15, 0.2) is 0 Å². The SMILES string of the molecule is CCS(=O)(=O)O[O-]. The molecule has 0 atom stereocenters. The van der Waals surface area contributed by atoms with Crippen molar-refractivity contribution < 1.29 is 18.0 Å². The summed E-state index contributed by atoms with van der Waals surface area (Å²) in [5.74, 6) is -0.267. The van der Waals surface area contributed by atoms with E-state index in [1.807, 2.05) is 0 Å². The maximum absolute atomic E-state index is 9.83. The second-order valence-corrected chi connectivity index (χ2v) is 2.74. The monoisotopic (exact) mass is 125 g/mol. The summed E-state index contributed by atoms with van der Waals surface area (Å²) >= 11 is 0. The van der Waals surface area contributed by atoms with Gasteiger partial charge >= 0.3 is 0 Å². The predicted octanol–water partition coefficient (Wildman–Crippen LogP) is -1.37. The van der Waals surface area contributed by atoms with Crippen molar-refractivity contribution in [2.75, 3.05) is 5.75 Å². The number of rotatable bonds is 2. The van der Waals surface area contributed by atoms with Crippen LogP contribution in [0.25, 0.3) is 0 Å². The molecule has 5 heteroatoms. The Morgan fingerprint density at radius 1 is 1.71 bits per heavy atom. The first kappa shape index (κ1) is 6.87. The van der Waals surface area contributed by atoms with E-state index in [1.54, 1.807) is 0 Å². The highest BCUT2D eigenvalue weighted by molar-refractivity contribution is 7.86. The summed E-state index contributed by atoms with van der Waals surface area (Å²) in [6.45, 7) is 1.33. The zero-order chi connectivity index (χ0) is 5.91. The number of hydrogen-bond donors (Lipinski definition) is 0. The summed E-state index contributed by atoms with van der Waals surface area (Å²) in [7, 11) is -3.71. The highest BCUT2D eigenvalue weighted by Crippen LogP contribution is 1.82. The minimum Gasteiger partial charge on any atom is -0.707 e. The van der Waals surface area contributed by atoms with Crippen molar-refractivity contribution in [3.05, 3.63) is 0 Å². The Balaban J connectivity index is 3.89. The van der Waals surface area contributed by atoms with Crippen LogP contribution in [-0.2, 0) is 14.5 Å². The van der Waals surface area contributed by atoms with E-state index in [4.69, 9.17) is 5.26 Å². The molecule has 0 bridgehead atoms. The zero-order valence-corrected chi connectivity index (χ0v) is 4.56. The van der Waals surface area contributed by atoms with E-state index >= 15 is 0 Å². The average molecular weight is 125 g/mol. The molecule has 0 aromatic heterocycles. The standard InChI is InChI=1S/C2H6O4S/c1-2-7(4,5)6-3/h3H,2H2,1H3/p-1. The van der Waals surface area contributed by atoms with Crippen molar-refractivity contribution in [3.63, 3.8) is 0 Å². The van der Waals surface area contributed by atoms with Crippen molar-refractivity contribution in [3.8, 4) is 0 Å². The molecular weight excluding hydrogens is 120 g/mol. The van der Waals surface area contributed by atoms with Gasteiger partial charge in [0.15, 0.2) is 0 Å². The van der Waals surface area contributed by atoms with E-state index < -0.39 is 10.1 Å². The molecule has 44 valence electrons. The first-order valence-electron chi connectivity index (χ1n) is 1.66. The molecule has 0 aliphatic heterocycles. The van der Waals surface area contributed by atoms with Gasteiger partial charge in [-0.15, -0.1) is 0 Å². The van der Waals surface area contributed by atoms with Crippen LogP contribution in [0.1, 0.15) is 6.92 Å². The average Bonchev–Trinajstić information content (AvgIpc) is 1.68. The summed E-state index contributed by atoms with van der Waals surface area (Å²) in [6, 6.07) is 0. The molecule has 0 N–H and O–H groups in total. The van der Waals surface area contributed by atoms with E-state index in [0.29, 0.717) is 0 Å². The lowest BCUT2D eigenvalue weighted by atomic mass is 11.0. The van der Waals surface area contributed by atoms with Crippen LogP contribution in [-0.4, -0.2) is 14.2 Å². The molecule has 0 heterocycles. The lowest BCUT2D eigenvalue weighted by molar-refractivity contribution is -0.634. The lowest BCUT2D eigenvalue weighted by Gasteiger charge is -2.02. The molecule has 0 fully saturated rings. The highest BCUT2D eigenvalue weighted by atomic mass is 32.2. The first-order chi connectivity index (χ1) is 3.12. The molecule has 0 rings (SSSR count). The molecule has 7 heavy (non-hydrogen) atoms. The third kappa shape index (κ3) is 2.55. The first-order valence-corrected chi connectivity index (χ1v) is 3.24.